The number of hydrogen-bond acceptors (Lipinski definition) is 1. The number of para-hydroxylation sites is 1. The van der Waals surface area contributed by atoms with Gasteiger partial charge in [-0.2, -0.15) is 0 Å². The third kappa shape index (κ3) is 1.54. The molecule has 2 heterocycles. The van der Waals surface area contributed by atoms with Crippen molar-refractivity contribution in [2.45, 2.75) is 32.2 Å². The summed E-state index contributed by atoms with van der Waals surface area (Å²) in [7, 11) is 0. The first kappa shape index (κ1) is 9.91. The summed E-state index contributed by atoms with van der Waals surface area (Å²) in [5.74, 6) is 0. The van der Waals surface area contributed by atoms with Gasteiger partial charge >= 0.3 is 0 Å². The summed E-state index contributed by atoms with van der Waals surface area (Å²) >= 11 is 0. The number of benzene rings is 1. The van der Waals surface area contributed by atoms with Gasteiger partial charge in [-0.3, -0.25) is 0 Å². The van der Waals surface area contributed by atoms with Gasteiger partial charge < -0.3 is 10.3 Å². The van der Waals surface area contributed by atoms with Gasteiger partial charge in [-0.15, -0.1) is 0 Å². The molecule has 2 N–H and O–H groups in total. The highest BCUT2D eigenvalue weighted by atomic mass is 14.9. The lowest BCUT2D eigenvalue weighted by atomic mass is 10.0. The summed E-state index contributed by atoms with van der Waals surface area (Å²) in [6.07, 6.45) is 3.50. The molecule has 0 saturated carbocycles. The van der Waals surface area contributed by atoms with Gasteiger partial charge in [-0.05, 0) is 24.5 Å². The van der Waals surface area contributed by atoms with E-state index in [1.54, 1.807) is 0 Å². The monoisotopic (exact) mass is 214 g/mol. The number of nitrogens with one attached hydrogen (secondary N) is 2. The fraction of sp³-hybridized carbons (Fsp3) is 0.429. The minimum atomic E-state index is 0.639. The van der Waals surface area contributed by atoms with E-state index in [4.69, 9.17) is 0 Å². The number of H-pyrrole nitrogens is 1. The second-order valence-corrected chi connectivity index (χ2v) is 4.64. The Morgan fingerprint density at radius 2 is 2.19 bits per heavy atom. The number of aromatic nitrogens is 1. The van der Waals surface area contributed by atoms with Gasteiger partial charge in [-0.1, -0.05) is 25.1 Å². The molecule has 0 bridgehead atoms. The highest BCUT2D eigenvalue weighted by Gasteiger charge is 2.18. The SMILES string of the molecule is CC[C@H]1Cc2c([nH]c3ccccc23)CCN1. The molecular formula is C14H18N2. The van der Waals surface area contributed by atoms with Gasteiger partial charge in [0, 0.05) is 35.6 Å². The van der Waals surface area contributed by atoms with E-state index in [9.17, 15) is 0 Å². The van der Waals surface area contributed by atoms with Gasteiger partial charge in [0.2, 0.25) is 0 Å². The molecule has 1 atom stereocenters. The van der Waals surface area contributed by atoms with E-state index in [1.165, 1.54) is 28.6 Å². The third-order valence-corrected chi connectivity index (χ3v) is 3.65. The minimum absolute atomic E-state index is 0.639. The van der Waals surface area contributed by atoms with Crippen molar-refractivity contribution < 1.29 is 0 Å². The van der Waals surface area contributed by atoms with Gasteiger partial charge in [0.25, 0.3) is 0 Å². The fourth-order valence-corrected chi connectivity index (χ4v) is 2.71. The zero-order chi connectivity index (χ0) is 11.0. The summed E-state index contributed by atoms with van der Waals surface area (Å²) in [5.41, 5.74) is 4.27. The van der Waals surface area contributed by atoms with Crippen molar-refractivity contribution in [3.63, 3.8) is 0 Å². The summed E-state index contributed by atoms with van der Waals surface area (Å²) in [6.45, 7) is 3.36. The van der Waals surface area contributed by atoms with Crippen molar-refractivity contribution in [2.24, 2.45) is 0 Å². The Balaban J connectivity index is 2.12. The maximum absolute atomic E-state index is 3.61. The fourth-order valence-electron chi connectivity index (χ4n) is 2.71. The third-order valence-electron chi connectivity index (χ3n) is 3.65. The molecule has 0 amide bonds. The molecule has 3 rings (SSSR count). The molecule has 84 valence electrons. The molecule has 2 nitrogen and oxygen atoms in total. The Bertz CT molecular complexity index is 498. The number of rotatable bonds is 1. The molecule has 1 aromatic carbocycles. The van der Waals surface area contributed by atoms with Crippen LogP contribution in [0, 0.1) is 0 Å². The van der Waals surface area contributed by atoms with Gasteiger partial charge in [-0.25, -0.2) is 0 Å². The molecule has 1 aromatic heterocycles. The number of aromatic amines is 1. The predicted octanol–water partition coefficient (Wildman–Crippen LogP) is 2.63. The summed E-state index contributed by atoms with van der Waals surface area (Å²) < 4.78 is 0. The Hall–Kier alpha value is -1.28. The van der Waals surface area contributed by atoms with Crippen molar-refractivity contribution in [1.29, 1.82) is 0 Å². The molecule has 2 heteroatoms. The highest BCUT2D eigenvalue weighted by molar-refractivity contribution is 5.84. The van der Waals surface area contributed by atoms with Crippen LogP contribution in [-0.2, 0) is 12.8 Å². The molecule has 16 heavy (non-hydrogen) atoms. The zero-order valence-electron chi connectivity index (χ0n) is 9.72. The molecule has 2 aromatic rings. The zero-order valence-corrected chi connectivity index (χ0v) is 9.72. The van der Waals surface area contributed by atoms with Crippen LogP contribution in [0.25, 0.3) is 10.9 Å². The van der Waals surface area contributed by atoms with E-state index < -0.39 is 0 Å². The lowest BCUT2D eigenvalue weighted by Gasteiger charge is -2.12. The van der Waals surface area contributed by atoms with Gasteiger partial charge in [0.1, 0.15) is 0 Å². The minimum Gasteiger partial charge on any atom is -0.358 e. The first-order chi connectivity index (χ1) is 7.88. The van der Waals surface area contributed by atoms with Crippen LogP contribution in [0.15, 0.2) is 24.3 Å². The number of hydrogen-bond donors (Lipinski definition) is 2. The van der Waals surface area contributed by atoms with Crippen molar-refractivity contribution >= 4 is 10.9 Å². The molecule has 0 radical (unpaired) electrons. The quantitative estimate of drug-likeness (QED) is 0.750. The second kappa shape index (κ2) is 3.95. The van der Waals surface area contributed by atoms with Crippen LogP contribution in [-0.4, -0.2) is 17.6 Å². The molecule has 1 aliphatic heterocycles. The largest absolute Gasteiger partial charge is 0.358 e. The maximum atomic E-state index is 3.61. The van der Waals surface area contributed by atoms with Crippen molar-refractivity contribution in [1.82, 2.24) is 10.3 Å². The van der Waals surface area contributed by atoms with Crippen LogP contribution in [0.3, 0.4) is 0 Å². The lowest BCUT2D eigenvalue weighted by Crippen LogP contribution is -2.29. The standard InChI is InChI=1S/C14H18N2/c1-2-10-9-12-11-5-3-4-6-13(11)16-14(12)7-8-15-10/h3-6,10,15-16H,2,7-9H2,1H3/t10-/m0/s1. The molecule has 0 spiro atoms. The van der Waals surface area contributed by atoms with E-state index >= 15 is 0 Å². The smallest absolute Gasteiger partial charge is 0.0458 e. The summed E-state index contributed by atoms with van der Waals surface area (Å²) in [6, 6.07) is 9.30. The molecule has 0 saturated heterocycles. The first-order valence-corrected chi connectivity index (χ1v) is 6.20. The van der Waals surface area contributed by atoms with Crippen LogP contribution in [0.4, 0.5) is 0 Å². The van der Waals surface area contributed by atoms with E-state index in [0.29, 0.717) is 6.04 Å². The van der Waals surface area contributed by atoms with E-state index in [0.717, 1.165) is 19.4 Å². The van der Waals surface area contributed by atoms with Gasteiger partial charge in [0.05, 0.1) is 0 Å². The Morgan fingerprint density at radius 1 is 1.31 bits per heavy atom. The van der Waals surface area contributed by atoms with Crippen LogP contribution >= 0.6 is 0 Å². The second-order valence-electron chi connectivity index (χ2n) is 4.64. The normalized spacial score (nSPS) is 20.7. The predicted molar refractivity (Wildman–Crippen MR) is 67.8 cm³/mol. The van der Waals surface area contributed by atoms with Crippen molar-refractivity contribution in [3.05, 3.63) is 35.5 Å². The van der Waals surface area contributed by atoms with Crippen LogP contribution in [0.2, 0.25) is 0 Å². The van der Waals surface area contributed by atoms with E-state index in [2.05, 4.69) is 41.5 Å². The highest BCUT2D eigenvalue weighted by Crippen LogP contribution is 2.25. The van der Waals surface area contributed by atoms with Gasteiger partial charge in [0.15, 0.2) is 0 Å². The molecule has 1 aliphatic rings. The maximum Gasteiger partial charge on any atom is 0.0458 e. The Morgan fingerprint density at radius 3 is 3.06 bits per heavy atom. The van der Waals surface area contributed by atoms with E-state index in [-0.39, 0.29) is 0 Å². The first-order valence-electron chi connectivity index (χ1n) is 6.20. The molecule has 0 fully saturated rings. The average Bonchev–Trinajstić information content (AvgIpc) is 2.54. The topological polar surface area (TPSA) is 27.8 Å². The van der Waals surface area contributed by atoms with Crippen molar-refractivity contribution in [2.75, 3.05) is 6.54 Å². The van der Waals surface area contributed by atoms with Crippen LogP contribution in [0.5, 0.6) is 0 Å². The summed E-state index contributed by atoms with van der Waals surface area (Å²) in [5, 5.41) is 5.03. The Labute approximate surface area is 96.1 Å². The molecule has 0 aliphatic carbocycles. The molecular weight excluding hydrogens is 196 g/mol. The lowest BCUT2D eigenvalue weighted by molar-refractivity contribution is 0.514. The molecule has 0 unspecified atom stereocenters. The van der Waals surface area contributed by atoms with Crippen LogP contribution < -0.4 is 5.32 Å². The van der Waals surface area contributed by atoms with E-state index in [1.807, 2.05) is 0 Å². The Kier molecular flexibility index (Phi) is 2.44. The summed E-state index contributed by atoms with van der Waals surface area (Å²) in [4.78, 5) is 3.56. The average molecular weight is 214 g/mol. The van der Waals surface area contributed by atoms with Crippen molar-refractivity contribution in [3.8, 4) is 0 Å². The number of fused-ring (bicyclic) bond motifs is 3. The van der Waals surface area contributed by atoms with Crippen LogP contribution in [0.1, 0.15) is 24.6 Å².